The first-order valence-corrected chi connectivity index (χ1v) is 4.24. The standard InChI is InChI=1S/C5H9O3P/c6-4-2-1-3-5-9(7)8/h4H,1-3,5H2/p+1. The molecule has 0 aliphatic heterocycles. The highest BCUT2D eigenvalue weighted by Gasteiger charge is 2.06. The highest BCUT2D eigenvalue weighted by atomic mass is 31.1. The van der Waals surface area contributed by atoms with Crippen molar-refractivity contribution in [3.63, 3.8) is 0 Å². The molecule has 9 heavy (non-hydrogen) atoms. The van der Waals surface area contributed by atoms with Crippen molar-refractivity contribution in [1.82, 2.24) is 0 Å². The Morgan fingerprint density at radius 1 is 1.44 bits per heavy atom. The maximum Gasteiger partial charge on any atom is 0.505 e. The van der Waals surface area contributed by atoms with E-state index in [0.717, 1.165) is 12.7 Å². The Hall–Kier alpha value is -0.270. The molecule has 0 aromatic carbocycles. The Balaban J connectivity index is 2.91. The van der Waals surface area contributed by atoms with Gasteiger partial charge in [-0.05, 0) is 17.4 Å². The van der Waals surface area contributed by atoms with Crippen molar-refractivity contribution in [2.24, 2.45) is 0 Å². The Morgan fingerprint density at radius 2 is 2.11 bits per heavy atom. The number of rotatable bonds is 5. The lowest BCUT2D eigenvalue weighted by Gasteiger charge is -1.82. The van der Waals surface area contributed by atoms with E-state index in [4.69, 9.17) is 4.89 Å². The van der Waals surface area contributed by atoms with Crippen molar-refractivity contribution in [2.45, 2.75) is 19.3 Å². The fourth-order valence-electron chi connectivity index (χ4n) is 0.475. The van der Waals surface area contributed by atoms with E-state index in [1.165, 1.54) is 0 Å². The van der Waals surface area contributed by atoms with Crippen LogP contribution in [-0.2, 0) is 9.36 Å². The van der Waals surface area contributed by atoms with Gasteiger partial charge < -0.3 is 4.79 Å². The van der Waals surface area contributed by atoms with Crippen molar-refractivity contribution in [1.29, 1.82) is 0 Å². The molecule has 0 bridgehead atoms. The molecule has 0 saturated heterocycles. The first kappa shape index (κ1) is 8.73. The Labute approximate surface area is 54.9 Å². The molecule has 1 atom stereocenters. The summed E-state index contributed by atoms with van der Waals surface area (Å²) < 4.78 is 10.0. The van der Waals surface area contributed by atoms with E-state index in [2.05, 4.69) is 0 Å². The van der Waals surface area contributed by atoms with Crippen LogP contribution in [0.2, 0.25) is 0 Å². The molecule has 1 unspecified atom stereocenters. The molecule has 0 heterocycles. The van der Waals surface area contributed by atoms with Crippen molar-refractivity contribution >= 4 is 14.3 Å². The number of hydrogen-bond donors (Lipinski definition) is 1. The number of hydrogen-bond acceptors (Lipinski definition) is 2. The van der Waals surface area contributed by atoms with Gasteiger partial charge in [0.15, 0.2) is 6.16 Å². The van der Waals surface area contributed by atoms with Gasteiger partial charge in [0.1, 0.15) is 6.29 Å². The minimum absolute atomic E-state index is 0.323. The fourth-order valence-corrected chi connectivity index (χ4v) is 0.969. The zero-order chi connectivity index (χ0) is 7.11. The summed E-state index contributed by atoms with van der Waals surface area (Å²) in [5, 5.41) is 0. The first-order chi connectivity index (χ1) is 4.27. The van der Waals surface area contributed by atoms with E-state index in [-0.39, 0.29) is 0 Å². The summed E-state index contributed by atoms with van der Waals surface area (Å²) in [4.78, 5) is 18.0. The molecule has 52 valence electrons. The average molecular weight is 149 g/mol. The zero-order valence-electron chi connectivity index (χ0n) is 5.12. The summed E-state index contributed by atoms with van der Waals surface area (Å²) >= 11 is 0. The minimum Gasteiger partial charge on any atom is -0.303 e. The molecule has 3 nitrogen and oxygen atoms in total. The smallest absolute Gasteiger partial charge is 0.303 e. The van der Waals surface area contributed by atoms with Gasteiger partial charge in [-0.1, -0.05) is 0 Å². The van der Waals surface area contributed by atoms with Gasteiger partial charge in [0.2, 0.25) is 0 Å². The Kier molecular flexibility index (Phi) is 5.68. The molecule has 0 aliphatic rings. The maximum atomic E-state index is 10.0. The summed E-state index contributed by atoms with van der Waals surface area (Å²) in [5.41, 5.74) is 0. The van der Waals surface area contributed by atoms with Crippen LogP contribution in [0.15, 0.2) is 0 Å². The molecule has 0 radical (unpaired) electrons. The van der Waals surface area contributed by atoms with Crippen LogP contribution in [0.1, 0.15) is 19.3 Å². The molecule has 0 aromatic heterocycles. The predicted molar refractivity (Wildman–Crippen MR) is 34.6 cm³/mol. The van der Waals surface area contributed by atoms with Crippen LogP contribution in [0.3, 0.4) is 0 Å². The maximum absolute atomic E-state index is 10.0. The van der Waals surface area contributed by atoms with Crippen LogP contribution >= 0.6 is 8.03 Å². The van der Waals surface area contributed by atoms with Crippen LogP contribution in [0.4, 0.5) is 0 Å². The molecule has 0 saturated carbocycles. The van der Waals surface area contributed by atoms with Gasteiger partial charge in [0.25, 0.3) is 0 Å². The zero-order valence-corrected chi connectivity index (χ0v) is 6.01. The molecule has 4 heteroatoms. The van der Waals surface area contributed by atoms with Gasteiger partial charge in [-0.2, -0.15) is 4.89 Å². The second-order valence-electron chi connectivity index (χ2n) is 1.74. The van der Waals surface area contributed by atoms with Gasteiger partial charge in [-0.15, -0.1) is 0 Å². The molecular formula is C5H10O3P+. The second kappa shape index (κ2) is 5.86. The van der Waals surface area contributed by atoms with Crippen LogP contribution in [0.5, 0.6) is 0 Å². The van der Waals surface area contributed by atoms with E-state index in [0.29, 0.717) is 19.0 Å². The first-order valence-electron chi connectivity index (χ1n) is 2.84. The molecule has 0 aromatic rings. The van der Waals surface area contributed by atoms with Gasteiger partial charge in [0, 0.05) is 6.42 Å². The van der Waals surface area contributed by atoms with Crippen LogP contribution in [0.25, 0.3) is 0 Å². The third-order valence-corrected chi connectivity index (χ3v) is 1.62. The lowest BCUT2D eigenvalue weighted by atomic mass is 10.3. The predicted octanol–water partition coefficient (Wildman–Crippen LogP) is 1.09. The SMILES string of the molecule is O=CCCCC[P+](=O)O. The number of unbranched alkanes of at least 4 members (excludes halogenated alkanes) is 2. The quantitative estimate of drug-likeness (QED) is 0.361. The highest BCUT2D eigenvalue weighted by molar-refractivity contribution is 7.37. The third kappa shape index (κ3) is 7.73. The molecule has 0 fully saturated rings. The van der Waals surface area contributed by atoms with E-state index < -0.39 is 8.03 Å². The largest absolute Gasteiger partial charge is 0.505 e. The second-order valence-corrected chi connectivity index (χ2v) is 2.89. The van der Waals surface area contributed by atoms with E-state index in [9.17, 15) is 9.36 Å². The van der Waals surface area contributed by atoms with Gasteiger partial charge in [0.05, 0.1) is 0 Å². The van der Waals surface area contributed by atoms with Gasteiger partial charge in [-0.25, -0.2) is 0 Å². The molecule has 0 aliphatic carbocycles. The molecular weight excluding hydrogens is 139 g/mol. The fraction of sp³-hybridized carbons (Fsp3) is 0.800. The van der Waals surface area contributed by atoms with Gasteiger partial charge >= 0.3 is 8.03 Å². The summed E-state index contributed by atoms with van der Waals surface area (Å²) in [6.45, 7) is 0. The van der Waals surface area contributed by atoms with Crippen LogP contribution in [0, 0.1) is 0 Å². The van der Waals surface area contributed by atoms with Crippen molar-refractivity contribution in [2.75, 3.05) is 6.16 Å². The molecule has 0 rings (SSSR count). The minimum atomic E-state index is -1.98. The Bertz CT molecular complexity index is 102. The Morgan fingerprint density at radius 3 is 2.56 bits per heavy atom. The highest BCUT2D eigenvalue weighted by Crippen LogP contribution is 2.14. The number of carbonyl (C=O) groups is 1. The van der Waals surface area contributed by atoms with Gasteiger partial charge in [-0.3, -0.25) is 0 Å². The van der Waals surface area contributed by atoms with Crippen molar-refractivity contribution in [3.05, 3.63) is 0 Å². The van der Waals surface area contributed by atoms with Crippen molar-refractivity contribution in [3.8, 4) is 0 Å². The topological polar surface area (TPSA) is 54.4 Å². The van der Waals surface area contributed by atoms with Crippen LogP contribution in [-0.4, -0.2) is 17.3 Å². The molecule has 1 N–H and O–H groups in total. The lowest BCUT2D eigenvalue weighted by Crippen LogP contribution is -1.80. The number of aldehydes is 1. The van der Waals surface area contributed by atoms with Crippen molar-refractivity contribution < 1.29 is 14.3 Å². The number of carbonyl (C=O) groups excluding carboxylic acids is 1. The summed E-state index contributed by atoms with van der Waals surface area (Å²) in [7, 11) is -1.98. The van der Waals surface area contributed by atoms with E-state index in [1.807, 2.05) is 0 Å². The summed E-state index contributed by atoms with van der Waals surface area (Å²) in [5.74, 6) is 0. The van der Waals surface area contributed by atoms with E-state index in [1.54, 1.807) is 0 Å². The summed E-state index contributed by atoms with van der Waals surface area (Å²) in [6, 6.07) is 0. The normalized spacial score (nSPS) is 11.0. The molecule has 0 spiro atoms. The molecule has 0 amide bonds. The summed E-state index contributed by atoms with van der Waals surface area (Å²) in [6.07, 6.45) is 3.05. The van der Waals surface area contributed by atoms with E-state index >= 15 is 0 Å². The van der Waals surface area contributed by atoms with Crippen LogP contribution < -0.4 is 0 Å². The average Bonchev–Trinajstić information content (AvgIpc) is 1.80. The third-order valence-electron chi connectivity index (χ3n) is 0.921. The lowest BCUT2D eigenvalue weighted by molar-refractivity contribution is -0.107. The monoisotopic (exact) mass is 149 g/mol.